The summed E-state index contributed by atoms with van der Waals surface area (Å²) < 4.78 is 5.35. The van der Waals surface area contributed by atoms with Gasteiger partial charge in [0.05, 0.1) is 0 Å². The van der Waals surface area contributed by atoms with Crippen molar-refractivity contribution in [3.63, 3.8) is 0 Å². The van der Waals surface area contributed by atoms with E-state index in [0.29, 0.717) is 11.8 Å². The summed E-state index contributed by atoms with van der Waals surface area (Å²) in [5.74, 6) is 1.01. The molecule has 1 saturated carbocycles. The molecule has 2 rings (SSSR count). The Morgan fingerprint density at radius 1 is 1.26 bits per heavy atom. The van der Waals surface area contributed by atoms with Crippen molar-refractivity contribution in [3.05, 3.63) is 0 Å². The zero-order chi connectivity index (χ0) is 13.6. The molecule has 0 aromatic carbocycles. The molecule has 1 aliphatic carbocycles. The van der Waals surface area contributed by atoms with Crippen molar-refractivity contribution in [1.29, 1.82) is 0 Å². The predicted octanol–water partition coefficient (Wildman–Crippen LogP) is 1.70. The number of hydrogen-bond donors (Lipinski definition) is 2. The fourth-order valence-corrected chi connectivity index (χ4v) is 2.93. The standard InChI is InChI=1S/C15H28N2O2/c1-16-11-15(7-8-15)12-17-14(18)4-2-3-13-5-9-19-10-6-13/h13,16H,2-12H2,1H3,(H,17,18). The SMILES string of the molecule is CNCC1(CNC(=O)CCCC2CCOCC2)CC1. The van der Waals surface area contributed by atoms with E-state index >= 15 is 0 Å². The first-order chi connectivity index (χ1) is 9.24. The Hall–Kier alpha value is -0.610. The monoisotopic (exact) mass is 268 g/mol. The fraction of sp³-hybridized carbons (Fsp3) is 0.933. The van der Waals surface area contributed by atoms with E-state index in [2.05, 4.69) is 10.6 Å². The summed E-state index contributed by atoms with van der Waals surface area (Å²) in [5.41, 5.74) is 0.366. The van der Waals surface area contributed by atoms with E-state index in [0.717, 1.165) is 38.6 Å². The third-order valence-electron chi connectivity index (χ3n) is 4.53. The van der Waals surface area contributed by atoms with Crippen molar-refractivity contribution >= 4 is 5.91 Å². The Balaban J connectivity index is 1.52. The minimum atomic E-state index is 0.231. The molecule has 1 amide bonds. The molecule has 0 bridgehead atoms. The molecule has 2 fully saturated rings. The van der Waals surface area contributed by atoms with Crippen molar-refractivity contribution in [2.24, 2.45) is 11.3 Å². The maximum atomic E-state index is 11.8. The van der Waals surface area contributed by atoms with Crippen LogP contribution in [0.2, 0.25) is 0 Å². The van der Waals surface area contributed by atoms with Gasteiger partial charge >= 0.3 is 0 Å². The number of ether oxygens (including phenoxy) is 1. The van der Waals surface area contributed by atoms with Crippen molar-refractivity contribution in [2.45, 2.75) is 44.9 Å². The molecule has 1 saturated heterocycles. The molecule has 1 aliphatic heterocycles. The predicted molar refractivity (Wildman–Crippen MR) is 76.0 cm³/mol. The van der Waals surface area contributed by atoms with Gasteiger partial charge in [0.15, 0.2) is 0 Å². The van der Waals surface area contributed by atoms with E-state index in [1.807, 2.05) is 7.05 Å². The summed E-state index contributed by atoms with van der Waals surface area (Å²) >= 11 is 0. The quantitative estimate of drug-likeness (QED) is 0.704. The van der Waals surface area contributed by atoms with Crippen LogP contribution in [-0.2, 0) is 9.53 Å². The van der Waals surface area contributed by atoms with Crippen molar-refractivity contribution < 1.29 is 9.53 Å². The highest BCUT2D eigenvalue weighted by Crippen LogP contribution is 2.44. The number of rotatable bonds is 8. The highest BCUT2D eigenvalue weighted by molar-refractivity contribution is 5.75. The molecule has 0 aromatic heterocycles. The summed E-state index contributed by atoms with van der Waals surface area (Å²) in [4.78, 5) is 11.8. The van der Waals surface area contributed by atoms with Gasteiger partial charge < -0.3 is 15.4 Å². The summed E-state index contributed by atoms with van der Waals surface area (Å²) in [5, 5.41) is 6.32. The van der Waals surface area contributed by atoms with Gasteiger partial charge in [-0.1, -0.05) is 0 Å². The average Bonchev–Trinajstić information content (AvgIpc) is 3.19. The van der Waals surface area contributed by atoms with Crippen molar-refractivity contribution in [3.8, 4) is 0 Å². The normalized spacial score (nSPS) is 22.2. The second kappa shape index (κ2) is 7.25. The highest BCUT2D eigenvalue weighted by Gasteiger charge is 2.41. The molecule has 0 unspecified atom stereocenters. The number of hydrogen-bond acceptors (Lipinski definition) is 3. The van der Waals surface area contributed by atoms with Gasteiger partial charge in [0.2, 0.25) is 5.91 Å². The molecule has 19 heavy (non-hydrogen) atoms. The first-order valence-electron chi connectivity index (χ1n) is 7.73. The van der Waals surface area contributed by atoms with Gasteiger partial charge in [-0.3, -0.25) is 4.79 Å². The van der Waals surface area contributed by atoms with Crippen LogP contribution in [0.3, 0.4) is 0 Å². The number of carbonyl (C=O) groups excluding carboxylic acids is 1. The lowest BCUT2D eigenvalue weighted by Gasteiger charge is -2.21. The van der Waals surface area contributed by atoms with Crippen LogP contribution < -0.4 is 10.6 Å². The lowest BCUT2D eigenvalue weighted by molar-refractivity contribution is -0.121. The third-order valence-corrected chi connectivity index (χ3v) is 4.53. The van der Waals surface area contributed by atoms with Crippen molar-refractivity contribution in [1.82, 2.24) is 10.6 Å². The average molecular weight is 268 g/mol. The number of nitrogens with one attached hydrogen (secondary N) is 2. The summed E-state index contributed by atoms with van der Waals surface area (Å²) in [6.07, 6.45) is 7.73. The molecular weight excluding hydrogens is 240 g/mol. The van der Waals surface area contributed by atoms with Gasteiger partial charge in [-0.25, -0.2) is 0 Å². The number of amides is 1. The largest absolute Gasteiger partial charge is 0.381 e. The van der Waals surface area contributed by atoms with Gasteiger partial charge in [0, 0.05) is 38.1 Å². The summed E-state index contributed by atoms with van der Waals surface area (Å²) in [6.45, 7) is 3.69. The maximum absolute atomic E-state index is 11.8. The van der Waals surface area contributed by atoms with Gasteiger partial charge in [-0.05, 0) is 51.5 Å². The molecule has 0 spiro atoms. The van der Waals surface area contributed by atoms with E-state index in [4.69, 9.17) is 4.74 Å². The summed E-state index contributed by atoms with van der Waals surface area (Å²) in [6, 6.07) is 0. The van der Waals surface area contributed by atoms with E-state index in [1.54, 1.807) is 0 Å². The first kappa shape index (κ1) is 14.8. The molecule has 0 radical (unpaired) electrons. The second-order valence-corrected chi connectivity index (χ2v) is 6.26. The molecule has 2 aliphatic rings. The third kappa shape index (κ3) is 5.11. The fourth-order valence-electron chi connectivity index (χ4n) is 2.93. The highest BCUT2D eigenvalue weighted by atomic mass is 16.5. The molecule has 1 heterocycles. The van der Waals surface area contributed by atoms with Crippen LogP contribution in [0.25, 0.3) is 0 Å². The van der Waals surface area contributed by atoms with E-state index in [-0.39, 0.29) is 5.91 Å². The van der Waals surface area contributed by atoms with Crippen LogP contribution in [-0.4, -0.2) is 39.3 Å². The van der Waals surface area contributed by atoms with Gasteiger partial charge in [0.1, 0.15) is 0 Å². The molecule has 2 N–H and O–H groups in total. The minimum absolute atomic E-state index is 0.231. The van der Waals surface area contributed by atoms with Gasteiger partial charge in [-0.15, -0.1) is 0 Å². The molecule has 0 aromatic rings. The maximum Gasteiger partial charge on any atom is 0.220 e. The first-order valence-corrected chi connectivity index (χ1v) is 7.73. The van der Waals surface area contributed by atoms with E-state index in [1.165, 1.54) is 32.1 Å². The van der Waals surface area contributed by atoms with Gasteiger partial charge in [-0.2, -0.15) is 0 Å². The molecule has 0 atom stereocenters. The zero-order valence-electron chi connectivity index (χ0n) is 12.2. The zero-order valence-corrected chi connectivity index (χ0v) is 12.2. The molecule has 4 heteroatoms. The van der Waals surface area contributed by atoms with Crippen LogP contribution in [0.5, 0.6) is 0 Å². The Bertz CT molecular complexity index is 284. The van der Waals surface area contributed by atoms with Crippen LogP contribution in [0.15, 0.2) is 0 Å². The number of carbonyl (C=O) groups is 1. The van der Waals surface area contributed by atoms with Crippen LogP contribution in [0.4, 0.5) is 0 Å². The van der Waals surface area contributed by atoms with Crippen LogP contribution in [0.1, 0.15) is 44.9 Å². The topological polar surface area (TPSA) is 50.4 Å². The van der Waals surface area contributed by atoms with E-state index in [9.17, 15) is 4.79 Å². The second-order valence-electron chi connectivity index (χ2n) is 6.26. The van der Waals surface area contributed by atoms with Crippen LogP contribution >= 0.6 is 0 Å². The molecule has 110 valence electrons. The van der Waals surface area contributed by atoms with Crippen molar-refractivity contribution in [2.75, 3.05) is 33.4 Å². The smallest absolute Gasteiger partial charge is 0.220 e. The minimum Gasteiger partial charge on any atom is -0.381 e. The lowest BCUT2D eigenvalue weighted by atomic mass is 9.94. The Labute approximate surface area is 116 Å². The van der Waals surface area contributed by atoms with Crippen LogP contribution in [0, 0.1) is 11.3 Å². The Kier molecular flexibility index (Phi) is 5.64. The van der Waals surface area contributed by atoms with Gasteiger partial charge in [0.25, 0.3) is 0 Å². The lowest BCUT2D eigenvalue weighted by Crippen LogP contribution is -2.34. The molecular formula is C15H28N2O2. The molecule has 4 nitrogen and oxygen atoms in total. The Morgan fingerprint density at radius 3 is 2.63 bits per heavy atom. The Morgan fingerprint density at radius 2 is 2.00 bits per heavy atom. The summed E-state index contributed by atoms with van der Waals surface area (Å²) in [7, 11) is 1.98. The van der Waals surface area contributed by atoms with E-state index < -0.39 is 0 Å².